The zero-order valence-electron chi connectivity index (χ0n) is 31.9. The van der Waals surface area contributed by atoms with E-state index in [4.69, 9.17) is 50.5 Å². The highest BCUT2D eigenvalue weighted by molar-refractivity contribution is 6.35. The molecule has 3 fully saturated rings. The van der Waals surface area contributed by atoms with E-state index in [0.717, 1.165) is 10.5 Å². The summed E-state index contributed by atoms with van der Waals surface area (Å²) in [4.78, 5) is 53.1. The third-order valence-corrected chi connectivity index (χ3v) is 11.0. The number of aliphatic hydroxyl groups excluding tert-OH is 3. The molecule has 12 atom stereocenters. The van der Waals surface area contributed by atoms with Crippen LogP contribution in [0.1, 0.15) is 52.5 Å². The van der Waals surface area contributed by atoms with Crippen LogP contribution in [0.4, 0.5) is 15.3 Å². The molecule has 310 valence electrons. The van der Waals surface area contributed by atoms with Crippen LogP contribution in [0.5, 0.6) is 5.75 Å². The van der Waals surface area contributed by atoms with E-state index in [1.807, 2.05) is 6.92 Å². The molecule has 4 heterocycles. The molecule has 5 rings (SSSR count). The number of aliphatic hydroxyl groups is 4. The van der Waals surface area contributed by atoms with Crippen LogP contribution in [0, 0.1) is 5.92 Å². The second-order valence-corrected chi connectivity index (χ2v) is 15.0. The van der Waals surface area contributed by atoms with E-state index in [0.29, 0.717) is 5.56 Å². The topological polar surface area (TPSA) is 258 Å². The lowest BCUT2D eigenvalue weighted by atomic mass is 9.83. The zero-order chi connectivity index (χ0) is 41.3. The lowest BCUT2D eigenvalue weighted by Gasteiger charge is -2.45. The SMILES string of the molecule is CCC(=O)OC1CC(=O)N([C@@H]2O[C@H](COC(N)=O)[C@@H](O)[C@H](O)[C@H]2O)c2cc(cc(OC)c2Cl)C/C(C)=C\C=C[C@@H](OC)[C@@]2(O)C[C@H](OC(=O)N2)[C@@H](C)[C@@H]2O[C@@]12C. The number of alkyl carbamates (subject to hydrolysis) is 1. The number of anilines is 1. The lowest BCUT2D eigenvalue weighted by molar-refractivity contribution is -0.228. The van der Waals surface area contributed by atoms with Crippen molar-refractivity contribution in [3.05, 3.63) is 46.5 Å². The maximum absolute atomic E-state index is 14.9. The van der Waals surface area contributed by atoms with Crippen molar-refractivity contribution in [3.8, 4) is 5.75 Å². The van der Waals surface area contributed by atoms with E-state index in [-0.39, 0.29) is 35.7 Å². The normalized spacial score (nSPS) is 37.3. The standard InChI is InChI=1S/C37H50ClN3O15/c1-7-27(43)55-25-14-26(42)41(33-31(46)30(45)29(44)23(53-33)16-52-34(39)47)20-12-19(13-21(50-5)28(20)38)11-17(2)9-8-10-24(51-6)37(49)15-22(54-35(48)40-37)18(3)32-36(25,4)56-32/h8-10,12-13,18,22-25,29-33,44-46,49H,7,11,14-16H2,1-6H3,(H2,39,47)(H,40,48)/b10-8?,17-9-/t18-,22+,23-,24-,25?,29-,30+,31-,32+,33-,36+,37+/m1/s1. The first-order chi connectivity index (χ1) is 26.4. The van der Waals surface area contributed by atoms with E-state index in [2.05, 4.69) is 5.32 Å². The fourth-order valence-corrected chi connectivity index (χ4v) is 7.74. The van der Waals surface area contributed by atoms with Gasteiger partial charge in [-0.2, -0.15) is 0 Å². The molecule has 1 unspecified atom stereocenters. The fraction of sp³-hybridized carbons (Fsp3) is 0.622. The Kier molecular flexibility index (Phi) is 13.3. The molecule has 4 aliphatic rings. The molecular weight excluding hydrogens is 762 g/mol. The number of hydrogen-bond acceptors (Lipinski definition) is 15. The minimum atomic E-state index is -1.96. The summed E-state index contributed by atoms with van der Waals surface area (Å²) in [6.07, 6.45) is -10.6. The Balaban J connectivity index is 1.67. The number of allylic oxidation sites excluding steroid dienone is 3. The molecule has 1 aromatic rings. The quantitative estimate of drug-likeness (QED) is 0.129. The van der Waals surface area contributed by atoms with Crippen LogP contribution in [0.15, 0.2) is 35.9 Å². The molecule has 3 saturated heterocycles. The molecule has 0 saturated carbocycles. The summed E-state index contributed by atoms with van der Waals surface area (Å²) in [6, 6.07) is 3.18. The Morgan fingerprint density at radius 1 is 1.14 bits per heavy atom. The van der Waals surface area contributed by atoms with Crippen molar-refractivity contribution < 1.29 is 72.8 Å². The van der Waals surface area contributed by atoms with Gasteiger partial charge < -0.3 is 59.3 Å². The minimum Gasteiger partial charge on any atom is -0.495 e. The number of amides is 3. The number of fused-ring (bicyclic) bond motifs is 5. The third kappa shape index (κ3) is 8.92. The number of nitrogens with two attached hydrogens (primary N) is 1. The van der Waals surface area contributed by atoms with Crippen LogP contribution in [-0.2, 0) is 44.4 Å². The van der Waals surface area contributed by atoms with Gasteiger partial charge in [0.15, 0.2) is 12.0 Å². The molecule has 18 nitrogen and oxygen atoms in total. The van der Waals surface area contributed by atoms with E-state index in [1.165, 1.54) is 14.2 Å². The van der Waals surface area contributed by atoms with Crippen molar-refractivity contribution in [1.29, 1.82) is 0 Å². The smallest absolute Gasteiger partial charge is 0.409 e. The first-order valence-corrected chi connectivity index (χ1v) is 18.5. The molecule has 0 aliphatic carbocycles. The van der Waals surface area contributed by atoms with Crippen LogP contribution >= 0.6 is 11.6 Å². The minimum absolute atomic E-state index is 0.0460. The fourth-order valence-electron chi connectivity index (χ4n) is 7.47. The number of hydrogen-bond donors (Lipinski definition) is 6. The predicted molar refractivity (Wildman–Crippen MR) is 195 cm³/mol. The molecule has 1 aromatic carbocycles. The van der Waals surface area contributed by atoms with E-state index < -0.39 is 109 Å². The number of primary amides is 1. The van der Waals surface area contributed by atoms with Gasteiger partial charge in [0.2, 0.25) is 5.91 Å². The second kappa shape index (κ2) is 17.2. The van der Waals surface area contributed by atoms with Crippen molar-refractivity contribution in [3.63, 3.8) is 0 Å². The summed E-state index contributed by atoms with van der Waals surface area (Å²) in [6.45, 7) is 6.06. The Morgan fingerprint density at radius 3 is 2.50 bits per heavy atom. The van der Waals surface area contributed by atoms with Gasteiger partial charge in [0, 0.05) is 25.9 Å². The summed E-state index contributed by atoms with van der Waals surface area (Å²) in [5.74, 6) is -2.02. The number of benzene rings is 1. The number of rotatable bonds is 7. The summed E-state index contributed by atoms with van der Waals surface area (Å²) >= 11 is 6.90. The maximum Gasteiger partial charge on any atom is 0.409 e. The number of esters is 1. The van der Waals surface area contributed by atoms with Gasteiger partial charge in [-0.1, -0.05) is 49.2 Å². The molecular formula is C37H50ClN3O15. The van der Waals surface area contributed by atoms with Gasteiger partial charge in [-0.05, 0) is 38.0 Å². The van der Waals surface area contributed by atoms with Crippen LogP contribution in [-0.4, -0.2) is 132 Å². The van der Waals surface area contributed by atoms with E-state index in [1.54, 1.807) is 51.1 Å². The Hall–Kier alpha value is -4.01. The molecule has 4 bridgehead atoms. The molecule has 7 N–H and O–H groups in total. The Bertz CT molecular complexity index is 1730. The molecule has 19 heteroatoms. The molecule has 0 aromatic heterocycles. The molecule has 3 amide bonds. The highest BCUT2D eigenvalue weighted by Gasteiger charge is 2.64. The maximum atomic E-state index is 14.9. The highest BCUT2D eigenvalue weighted by Crippen LogP contribution is 2.49. The van der Waals surface area contributed by atoms with Crippen LogP contribution < -0.4 is 20.7 Å². The summed E-state index contributed by atoms with van der Waals surface area (Å²) in [7, 11) is 2.75. The number of nitrogens with zero attached hydrogens (tertiary/aromatic N) is 1. The van der Waals surface area contributed by atoms with Gasteiger partial charge in [0.05, 0.1) is 25.3 Å². The number of ether oxygens (including phenoxy) is 7. The van der Waals surface area contributed by atoms with Crippen LogP contribution in [0.3, 0.4) is 0 Å². The Morgan fingerprint density at radius 2 is 1.86 bits per heavy atom. The number of methoxy groups -OCH3 is 2. The molecule has 4 aliphatic heterocycles. The average Bonchev–Trinajstić information content (AvgIpc) is 3.84. The van der Waals surface area contributed by atoms with Gasteiger partial charge in [-0.3, -0.25) is 19.8 Å². The van der Waals surface area contributed by atoms with Gasteiger partial charge in [0.1, 0.15) is 65.7 Å². The monoisotopic (exact) mass is 811 g/mol. The third-order valence-electron chi connectivity index (χ3n) is 10.6. The van der Waals surface area contributed by atoms with Crippen molar-refractivity contribution in [2.75, 3.05) is 25.7 Å². The predicted octanol–water partition coefficient (Wildman–Crippen LogP) is 1.35. The van der Waals surface area contributed by atoms with Crippen molar-refractivity contribution in [1.82, 2.24) is 5.32 Å². The lowest BCUT2D eigenvalue weighted by Crippen LogP contribution is -2.65. The zero-order valence-corrected chi connectivity index (χ0v) is 32.6. The van der Waals surface area contributed by atoms with Gasteiger partial charge in [0.25, 0.3) is 0 Å². The number of nitrogens with one attached hydrogen (secondary N) is 1. The number of epoxide rings is 1. The summed E-state index contributed by atoms with van der Waals surface area (Å²) in [5.41, 5.74) is 3.17. The van der Waals surface area contributed by atoms with Gasteiger partial charge in [-0.15, -0.1) is 0 Å². The van der Waals surface area contributed by atoms with Crippen molar-refractivity contribution in [2.45, 2.75) is 120 Å². The largest absolute Gasteiger partial charge is 0.495 e. The summed E-state index contributed by atoms with van der Waals surface area (Å²) < 4.78 is 39.7. The van der Waals surface area contributed by atoms with Gasteiger partial charge in [-0.25, -0.2) is 9.59 Å². The van der Waals surface area contributed by atoms with Crippen LogP contribution in [0.2, 0.25) is 5.02 Å². The summed E-state index contributed by atoms with van der Waals surface area (Å²) in [5, 5.41) is 47.3. The van der Waals surface area contributed by atoms with Crippen molar-refractivity contribution in [2.24, 2.45) is 11.7 Å². The van der Waals surface area contributed by atoms with Crippen LogP contribution in [0.25, 0.3) is 0 Å². The number of carbonyl (C=O) groups excluding carboxylic acids is 4. The Labute approximate surface area is 328 Å². The molecule has 0 radical (unpaired) electrons. The number of carbonyl (C=O) groups is 4. The number of halogens is 1. The molecule has 0 spiro atoms. The molecule has 56 heavy (non-hydrogen) atoms. The second-order valence-electron chi connectivity index (χ2n) is 14.6. The van der Waals surface area contributed by atoms with E-state index >= 15 is 0 Å². The first kappa shape index (κ1) is 43.1. The van der Waals surface area contributed by atoms with Crippen molar-refractivity contribution >= 4 is 41.4 Å². The average molecular weight is 812 g/mol. The van der Waals surface area contributed by atoms with E-state index in [9.17, 15) is 39.6 Å². The first-order valence-electron chi connectivity index (χ1n) is 18.1. The van der Waals surface area contributed by atoms with Gasteiger partial charge >= 0.3 is 18.2 Å². The highest BCUT2D eigenvalue weighted by atomic mass is 35.5.